The number of carbonyl (C=O) groups excluding carboxylic acids is 1. The number of aromatic nitrogens is 3. The quantitative estimate of drug-likeness (QED) is 0.661. The largest absolute Gasteiger partial charge is 0.283 e. The van der Waals surface area contributed by atoms with Crippen LogP contribution in [0.3, 0.4) is 0 Å². The number of rotatable bonds is 6. The van der Waals surface area contributed by atoms with Crippen molar-refractivity contribution in [2.24, 2.45) is 0 Å². The number of aryl methyl sites for hydroxylation is 1. The van der Waals surface area contributed by atoms with Crippen molar-refractivity contribution in [2.45, 2.75) is 26.7 Å². The molecule has 0 fully saturated rings. The third-order valence-electron chi connectivity index (χ3n) is 3.80. The second-order valence-corrected chi connectivity index (χ2v) is 6.77. The Balaban J connectivity index is 1.91. The van der Waals surface area contributed by atoms with Crippen molar-refractivity contribution in [3.8, 4) is 10.6 Å². The van der Waals surface area contributed by atoms with E-state index in [0.29, 0.717) is 17.2 Å². The van der Waals surface area contributed by atoms with Gasteiger partial charge < -0.3 is 0 Å². The predicted molar refractivity (Wildman–Crippen MR) is 101 cm³/mol. The van der Waals surface area contributed by atoms with Crippen LogP contribution < -0.4 is 4.90 Å². The molecule has 0 atom stereocenters. The Morgan fingerprint density at radius 2 is 2.08 bits per heavy atom. The van der Waals surface area contributed by atoms with Gasteiger partial charge in [-0.25, -0.2) is 0 Å². The average Bonchev–Trinajstić information content (AvgIpc) is 3.12. The van der Waals surface area contributed by atoms with Crippen LogP contribution in [-0.2, 0) is 0 Å². The van der Waals surface area contributed by atoms with Crippen molar-refractivity contribution in [1.82, 2.24) is 15.2 Å². The molecule has 0 aliphatic heterocycles. The molecule has 0 saturated heterocycles. The van der Waals surface area contributed by atoms with E-state index >= 15 is 0 Å². The zero-order chi connectivity index (χ0) is 17.6. The molecule has 2 heterocycles. The lowest BCUT2D eigenvalue weighted by molar-refractivity contribution is 0.0986. The highest BCUT2D eigenvalue weighted by Gasteiger charge is 2.21. The number of benzene rings is 1. The van der Waals surface area contributed by atoms with Crippen LogP contribution in [0.25, 0.3) is 10.6 Å². The van der Waals surface area contributed by atoms with Crippen LogP contribution in [0.15, 0.2) is 48.8 Å². The molecule has 0 unspecified atom stereocenters. The molecule has 0 spiro atoms. The Morgan fingerprint density at radius 3 is 2.80 bits per heavy atom. The van der Waals surface area contributed by atoms with Crippen molar-refractivity contribution >= 4 is 22.4 Å². The van der Waals surface area contributed by atoms with Gasteiger partial charge >= 0.3 is 0 Å². The number of unbranched alkanes of at least 4 members (excludes halogenated alkanes) is 1. The van der Waals surface area contributed by atoms with Crippen molar-refractivity contribution in [2.75, 3.05) is 11.4 Å². The Labute approximate surface area is 151 Å². The Hall–Kier alpha value is -2.60. The molecule has 0 radical (unpaired) electrons. The maximum absolute atomic E-state index is 13.0. The fourth-order valence-corrected chi connectivity index (χ4v) is 3.32. The second-order valence-electron chi connectivity index (χ2n) is 5.81. The molecule has 0 bridgehead atoms. The standard InChI is InChI=1S/C19H20N4OS/c1-3-4-11-23(18(24)15-8-5-7-14(2)12-15)19-22-21-17(25-19)16-9-6-10-20-13-16/h5-10,12-13H,3-4,11H2,1-2H3. The third-order valence-corrected chi connectivity index (χ3v) is 4.79. The summed E-state index contributed by atoms with van der Waals surface area (Å²) in [7, 11) is 0. The first-order chi connectivity index (χ1) is 12.2. The van der Waals surface area contributed by atoms with Gasteiger partial charge in [0.05, 0.1) is 0 Å². The summed E-state index contributed by atoms with van der Waals surface area (Å²) in [6, 6.07) is 11.4. The van der Waals surface area contributed by atoms with Gasteiger partial charge in [0.1, 0.15) is 0 Å². The van der Waals surface area contributed by atoms with E-state index in [1.165, 1.54) is 11.3 Å². The van der Waals surface area contributed by atoms with E-state index in [4.69, 9.17) is 0 Å². The number of carbonyl (C=O) groups is 1. The lowest BCUT2D eigenvalue weighted by Gasteiger charge is -2.19. The van der Waals surface area contributed by atoms with E-state index in [1.807, 2.05) is 43.3 Å². The normalized spacial score (nSPS) is 10.6. The number of pyridine rings is 1. The van der Waals surface area contributed by atoms with Crippen LogP contribution >= 0.6 is 11.3 Å². The number of amides is 1. The van der Waals surface area contributed by atoms with Crippen molar-refractivity contribution in [1.29, 1.82) is 0 Å². The van der Waals surface area contributed by atoms with Crippen LogP contribution in [-0.4, -0.2) is 27.6 Å². The molecule has 0 N–H and O–H groups in total. The van der Waals surface area contributed by atoms with Crippen molar-refractivity contribution in [3.63, 3.8) is 0 Å². The van der Waals surface area contributed by atoms with E-state index in [0.717, 1.165) is 29.0 Å². The van der Waals surface area contributed by atoms with E-state index in [2.05, 4.69) is 22.1 Å². The van der Waals surface area contributed by atoms with Crippen molar-refractivity contribution in [3.05, 3.63) is 59.9 Å². The lowest BCUT2D eigenvalue weighted by Crippen LogP contribution is -2.31. The first kappa shape index (κ1) is 17.2. The zero-order valence-corrected chi connectivity index (χ0v) is 15.2. The van der Waals surface area contributed by atoms with Gasteiger partial charge in [0.25, 0.3) is 5.91 Å². The van der Waals surface area contributed by atoms with E-state index in [9.17, 15) is 4.79 Å². The number of nitrogens with zero attached hydrogens (tertiary/aromatic N) is 4. The molecule has 0 saturated carbocycles. The van der Waals surface area contributed by atoms with Gasteiger partial charge in [-0.05, 0) is 37.6 Å². The molecule has 0 aliphatic rings. The number of anilines is 1. The van der Waals surface area contributed by atoms with Crippen molar-refractivity contribution < 1.29 is 4.79 Å². The molecule has 128 valence electrons. The molecule has 5 nitrogen and oxygen atoms in total. The summed E-state index contributed by atoms with van der Waals surface area (Å²) in [6.45, 7) is 4.72. The summed E-state index contributed by atoms with van der Waals surface area (Å²) >= 11 is 1.41. The monoisotopic (exact) mass is 352 g/mol. The van der Waals surface area contributed by atoms with Gasteiger partial charge in [0, 0.05) is 30.1 Å². The molecule has 2 aromatic heterocycles. The lowest BCUT2D eigenvalue weighted by atomic mass is 10.1. The molecular weight excluding hydrogens is 332 g/mol. The molecule has 3 rings (SSSR count). The highest BCUT2D eigenvalue weighted by molar-refractivity contribution is 7.18. The van der Waals surface area contributed by atoms with Crippen LogP contribution in [0.5, 0.6) is 0 Å². The first-order valence-electron chi connectivity index (χ1n) is 8.31. The highest BCUT2D eigenvalue weighted by Crippen LogP contribution is 2.29. The molecule has 1 aromatic carbocycles. The third kappa shape index (κ3) is 4.09. The van der Waals surface area contributed by atoms with Crippen LogP contribution in [0.1, 0.15) is 35.7 Å². The van der Waals surface area contributed by atoms with Crippen LogP contribution in [0.2, 0.25) is 0 Å². The minimum atomic E-state index is -0.0361. The molecule has 1 amide bonds. The minimum Gasteiger partial charge on any atom is -0.283 e. The van der Waals surface area contributed by atoms with E-state index in [1.54, 1.807) is 17.3 Å². The Bertz CT molecular complexity index is 847. The topological polar surface area (TPSA) is 59.0 Å². The minimum absolute atomic E-state index is 0.0361. The van der Waals surface area contributed by atoms with E-state index in [-0.39, 0.29) is 5.91 Å². The van der Waals surface area contributed by atoms with E-state index < -0.39 is 0 Å². The highest BCUT2D eigenvalue weighted by atomic mass is 32.1. The average molecular weight is 352 g/mol. The summed E-state index contributed by atoms with van der Waals surface area (Å²) in [5, 5.41) is 9.89. The summed E-state index contributed by atoms with van der Waals surface area (Å²) in [6.07, 6.45) is 5.40. The van der Waals surface area contributed by atoms with Gasteiger partial charge in [-0.1, -0.05) is 42.4 Å². The summed E-state index contributed by atoms with van der Waals surface area (Å²) < 4.78 is 0. The molecule has 0 aliphatic carbocycles. The maximum Gasteiger partial charge on any atom is 0.260 e. The van der Waals surface area contributed by atoms with Gasteiger partial charge in [-0.3, -0.25) is 14.7 Å². The second kappa shape index (κ2) is 7.98. The Morgan fingerprint density at radius 1 is 1.20 bits per heavy atom. The number of hydrogen-bond acceptors (Lipinski definition) is 5. The van der Waals surface area contributed by atoms with Gasteiger partial charge in [-0.2, -0.15) is 0 Å². The number of hydrogen-bond donors (Lipinski definition) is 0. The fourth-order valence-electron chi connectivity index (χ4n) is 2.46. The predicted octanol–water partition coefficient (Wildman–Crippen LogP) is 4.36. The maximum atomic E-state index is 13.0. The van der Waals surface area contributed by atoms with Gasteiger partial charge in [-0.15, -0.1) is 10.2 Å². The molecule has 6 heteroatoms. The Kier molecular flexibility index (Phi) is 5.50. The zero-order valence-electron chi connectivity index (χ0n) is 14.3. The fraction of sp³-hybridized carbons (Fsp3) is 0.263. The van der Waals surface area contributed by atoms with Crippen LogP contribution in [0, 0.1) is 6.92 Å². The van der Waals surface area contributed by atoms with Gasteiger partial charge in [0.2, 0.25) is 5.13 Å². The SMILES string of the molecule is CCCCN(C(=O)c1cccc(C)c1)c1nnc(-c2cccnc2)s1. The molecule has 3 aromatic rings. The smallest absolute Gasteiger partial charge is 0.260 e. The summed E-state index contributed by atoms with van der Waals surface area (Å²) in [5.41, 5.74) is 2.65. The summed E-state index contributed by atoms with van der Waals surface area (Å²) in [5.74, 6) is -0.0361. The van der Waals surface area contributed by atoms with Crippen LogP contribution in [0.4, 0.5) is 5.13 Å². The summed E-state index contributed by atoms with van der Waals surface area (Å²) in [4.78, 5) is 18.8. The molecule has 25 heavy (non-hydrogen) atoms. The molecular formula is C19H20N4OS. The van der Waals surface area contributed by atoms with Gasteiger partial charge in [0.15, 0.2) is 5.01 Å². The first-order valence-corrected chi connectivity index (χ1v) is 9.13.